The van der Waals surface area contributed by atoms with E-state index >= 15 is 0 Å². The number of halogens is 1. The molecule has 2 aromatic carbocycles. The first-order valence-electron chi connectivity index (χ1n) is 9.33. The van der Waals surface area contributed by atoms with Gasteiger partial charge in [-0.3, -0.25) is 9.59 Å². The second-order valence-electron chi connectivity index (χ2n) is 6.44. The Hall–Kier alpha value is -2.63. The molecule has 0 aliphatic carbocycles. The number of hydrogen-bond acceptors (Lipinski definition) is 3. The molecule has 0 aliphatic heterocycles. The number of amides is 1. The molecule has 0 atom stereocenters. The summed E-state index contributed by atoms with van der Waals surface area (Å²) >= 11 is 6.07. The molecule has 5 nitrogen and oxygen atoms in total. The van der Waals surface area contributed by atoms with Gasteiger partial charge in [0.1, 0.15) is 0 Å². The van der Waals surface area contributed by atoms with Crippen molar-refractivity contribution in [3.05, 3.63) is 81.1 Å². The minimum Gasteiger partial charge on any atom is -0.382 e. The number of carbonyl (C=O) groups excluding carboxylic acids is 1. The van der Waals surface area contributed by atoms with Crippen molar-refractivity contribution < 1.29 is 9.53 Å². The van der Waals surface area contributed by atoms with Crippen LogP contribution >= 0.6 is 11.6 Å². The number of benzene rings is 2. The van der Waals surface area contributed by atoms with Crippen LogP contribution in [0.15, 0.2) is 59.4 Å². The van der Waals surface area contributed by atoms with Crippen molar-refractivity contribution in [1.29, 1.82) is 0 Å². The zero-order valence-electron chi connectivity index (χ0n) is 15.8. The molecule has 0 radical (unpaired) electrons. The summed E-state index contributed by atoms with van der Waals surface area (Å²) in [6.07, 6.45) is 0.726. The molecule has 1 N–H and O–H groups in total. The van der Waals surface area contributed by atoms with Gasteiger partial charge in [0, 0.05) is 36.2 Å². The smallest absolute Gasteiger partial charge is 0.252 e. The first kappa shape index (κ1) is 20.1. The van der Waals surface area contributed by atoms with Gasteiger partial charge in [-0.05, 0) is 37.1 Å². The summed E-state index contributed by atoms with van der Waals surface area (Å²) in [5.74, 6) is -0.250. The lowest BCUT2D eigenvalue weighted by Crippen LogP contribution is -2.29. The van der Waals surface area contributed by atoms with Crippen LogP contribution in [0.5, 0.6) is 0 Å². The lowest BCUT2D eigenvalue weighted by atomic mass is 10.1. The molecular weight excluding hydrogens is 376 g/mol. The molecule has 1 heterocycles. The van der Waals surface area contributed by atoms with Crippen molar-refractivity contribution in [2.45, 2.75) is 19.9 Å². The van der Waals surface area contributed by atoms with Crippen molar-refractivity contribution in [3.63, 3.8) is 0 Å². The molecule has 1 aromatic heterocycles. The number of para-hydroxylation sites is 1. The van der Waals surface area contributed by atoms with Crippen LogP contribution in [0.4, 0.5) is 0 Å². The fourth-order valence-corrected chi connectivity index (χ4v) is 3.33. The average molecular weight is 399 g/mol. The maximum atomic E-state index is 12.8. The number of ether oxygens (including phenoxy) is 1. The Morgan fingerprint density at radius 2 is 1.96 bits per heavy atom. The van der Waals surface area contributed by atoms with Gasteiger partial charge in [0.2, 0.25) is 0 Å². The molecule has 0 bridgehead atoms. The molecule has 0 spiro atoms. The molecule has 0 unspecified atom stereocenters. The van der Waals surface area contributed by atoms with Crippen LogP contribution in [0.1, 0.15) is 29.3 Å². The van der Waals surface area contributed by atoms with Gasteiger partial charge in [-0.15, -0.1) is 0 Å². The second-order valence-corrected chi connectivity index (χ2v) is 6.87. The number of aromatic nitrogens is 1. The molecule has 0 saturated heterocycles. The van der Waals surface area contributed by atoms with Crippen molar-refractivity contribution in [2.75, 3.05) is 19.8 Å². The highest BCUT2D eigenvalue weighted by molar-refractivity contribution is 6.30. The number of carbonyl (C=O) groups is 1. The Labute approximate surface area is 168 Å². The predicted molar refractivity (Wildman–Crippen MR) is 112 cm³/mol. The highest BCUT2D eigenvalue weighted by atomic mass is 35.5. The topological polar surface area (TPSA) is 60.3 Å². The molecule has 3 rings (SSSR count). The highest BCUT2D eigenvalue weighted by Crippen LogP contribution is 2.19. The van der Waals surface area contributed by atoms with Crippen molar-refractivity contribution >= 4 is 28.4 Å². The maximum Gasteiger partial charge on any atom is 0.252 e. The maximum absolute atomic E-state index is 12.8. The van der Waals surface area contributed by atoms with Gasteiger partial charge in [-0.1, -0.05) is 41.9 Å². The third-order valence-electron chi connectivity index (χ3n) is 4.45. The minimum absolute atomic E-state index is 0.224. The molecule has 0 aliphatic rings. The molecule has 0 fully saturated rings. The summed E-state index contributed by atoms with van der Waals surface area (Å²) in [4.78, 5) is 25.4. The first-order chi connectivity index (χ1) is 13.6. The van der Waals surface area contributed by atoms with E-state index in [0.29, 0.717) is 36.9 Å². The van der Waals surface area contributed by atoms with E-state index < -0.39 is 0 Å². The summed E-state index contributed by atoms with van der Waals surface area (Å²) in [5, 5.41) is 4.23. The van der Waals surface area contributed by atoms with Crippen LogP contribution < -0.4 is 10.9 Å². The first-order valence-corrected chi connectivity index (χ1v) is 9.71. The van der Waals surface area contributed by atoms with E-state index in [2.05, 4.69) is 5.32 Å². The van der Waals surface area contributed by atoms with Crippen LogP contribution in [0.3, 0.4) is 0 Å². The number of pyridine rings is 1. The Bertz CT molecular complexity index is 1030. The molecule has 6 heteroatoms. The number of nitrogens with zero attached hydrogens (tertiary/aromatic N) is 1. The van der Waals surface area contributed by atoms with E-state index in [9.17, 15) is 9.59 Å². The fourth-order valence-electron chi connectivity index (χ4n) is 3.12. The Balaban J connectivity index is 1.90. The number of rotatable bonds is 8. The Morgan fingerprint density at radius 1 is 1.14 bits per heavy atom. The summed E-state index contributed by atoms with van der Waals surface area (Å²) in [6, 6.07) is 16.3. The van der Waals surface area contributed by atoms with Gasteiger partial charge < -0.3 is 14.6 Å². The van der Waals surface area contributed by atoms with Crippen molar-refractivity contribution in [3.8, 4) is 0 Å². The summed E-state index contributed by atoms with van der Waals surface area (Å²) in [5.41, 5.74) is 1.81. The zero-order valence-corrected chi connectivity index (χ0v) is 16.5. The van der Waals surface area contributed by atoms with Gasteiger partial charge in [-0.2, -0.15) is 0 Å². The SMILES string of the molecule is CCOCCCNC(=O)c1cc(=O)n(Cc2cccc(Cl)c2)c2ccccc12. The number of hydrogen-bond donors (Lipinski definition) is 1. The standard InChI is InChI=1S/C22H23ClN2O3/c1-2-28-12-6-11-24-22(27)19-14-21(26)25(20-10-4-3-9-18(19)20)15-16-7-5-8-17(23)13-16/h3-5,7-10,13-14H,2,6,11-12,15H2,1H3,(H,24,27). The molecule has 0 saturated carbocycles. The second kappa shape index (κ2) is 9.53. The number of nitrogens with one attached hydrogen (secondary N) is 1. The van der Waals surface area contributed by atoms with Gasteiger partial charge in [0.05, 0.1) is 17.6 Å². The summed E-state index contributed by atoms with van der Waals surface area (Å²) < 4.78 is 6.94. The molecule has 146 valence electrons. The van der Waals surface area contributed by atoms with E-state index in [1.54, 1.807) is 10.6 Å². The predicted octanol–water partition coefficient (Wildman–Crippen LogP) is 3.86. The largest absolute Gasteiger partial charge is 0.382 e. The minimum atomic E-state index is -0.250. The van der Waals surface area contributed by atoms with Crippen LogP contribution in [0, 0.1) is 0 Å². The Kier molecular flexibility index (Phi) is 6.85. The van der Waals surface area contributed by atoms with Crippen LogP contribution in [-0.4, -0.2) is 30.2 Å². The van der Waals surface area contributed by atoms with E-state index in [0.717, 1.165) is 22.9 Å². The third-order valence-corrected chi connectivity index (χ3v) is 4.68. The van der Waals surface area contributed by atoms with Gasteiger partial charge in [-0.25, -0.2) is 0 Å². The summed E-state index contributed by atoms with van der Waals surface area (Å²) in [7, 11) is 0. The molecule has 28 heavy (non-hydrogen) atoms. The number of fused-ring (bicyclic) bond motifs is 1. The van der Waals surface area contributed by atoms with Gasteiger partial charge in [0.25, 0.3) is 11.5 Å². The fraction of sp³-hybridized carbons (Fsp3) is 0.273. The van der Waals surface area contributed by atoms with Crippen LogP contribution in [0.2, 0.25) is 5.02 Å². The van der Waals surface area contributed by atoms with Crippen molar-refractivity contribution in [2.24, 2.45) is 0 Å². The molecule has 3 aromatic rings. The van der Waals surface area contributed by atoms with Gasteiger partial charge in [0.15, 0.2) is 0 Å². The van der Waals surface area contributed by atoms with Crippen LogP contribution in [0.25, 0.3) is 10.9 Å². The zero-order chi connectivity index (χ0) is 19.9. The quantitative estimate of drug-likeness (QED) is 0.586. The van der Waals surface area contributed by atoms with Crippen LogP contribution in [-0.2, 0) is 11.3 Å². The lowest BCUT2D eigenvalue weighted by molar-refractivity contribution is 0.0945. The summed E-state index contributed by atoms with van der Waals surface area (Å²) in [6.45, 7) is 4.07. The Morgan fingerprint density at radius 3 is 2.75 bits per heavy atom. The van der Waals surface area contributed by atoms with E-state index in [1.807, 2.05) is 49.4 Å². The molecule has 1 amide bonds. The normalized spacial score (nSPS) is 10.9. The third kappa shape index (κ3) is 4.80. The van der Waals surface area contributed by atoms with E-state index in [1.165, 1.54) is 6.07 Å². The lowest BCUT2D eigenvalue weighted by Gasteiger charge is -2.14. The highest BCUT2D eigenvalue weighted by Gasteiger charge is 2.14. The van der Waals surface area contributed by atoms with Gasteiger partial charge >= 0.3 is 0 Å². The van der Waals surface area contributed by atoms with Crippen molar-refractivity contribution in [1.82, 2.24) is 9.88 Å². The molecular formula is C22H23ClN2O3. The van der Waals surface area contributed by atoms with E-state index in [-0.39, 0.29) is 11.5 Å². The van der Waals surface area contributed by atoms with E-state index in [4.69, 9.17) is 16.3 Å². The monoisotopic (exact) mass is 398 g/mol. The average Bonchev–Trinajstić information content (AvgIpc) is 2.69.